The minimum absolute atomic E-state index is 0.168. The molecule has 2 aromatic rings. The Bertz CT molecular complexity index is 570. The lowest BCUT2D eigenvalue weighted by molar-refractivity contribution is 0.102. The van der Waals surface area contributed by atoms with Crippen molar-refractivity contribution in [3.8, 4) is 5.75 Å². The molecule has 2 rings (SSSR count). The smallest absolute Gasteiger partial charge is 0.275 e. The molecule has 17 heavy (non-hydrogen) atoms. The summed E-state index contributed by atoms with van der Waals surface area (Å²) in [5.41, 5.74) is 5.79. The highest BCUT2D eigenvalue weighted by Crippen LogP contribution is 2.20. The summed E-state index contributed by atoms with van der Waals surface area (Å²) >= 11 is 1.14. The summed E-state index contributed by atoms with van der Waals surface area (Å²) in [4.78, 5) is 15.4. The Morgan fingerprint density at radius 2 is 2.29 bits per heavy atom. The largest absolute Gasteiger partial charge is 0.505 e. The molecule has 7 heteroatoms. The Morgan fingerprint density at radius 1 is 1.53 bits per heavy atom. The minimum Gasteiger partial charge on any atom is -0.505 e. The van der Waals surface area contributed by atoms with Crippen molar-refractivity contribution in [1.82, 2.24) is 4.98 Å². The Labute approximate surface area is 99.7 Å². The first-order valence-electron chi connectivity index (χ1n) is 4.57. The summed E-state index contributed by atoms with van der Waals surface area (Å²) in [5.74, 6) is -1.76. The van der Waals surface area contributed by atoms with Crippen LogP contribution in [-0.2, 0) is 0 Å². The third kappa shape index (κ3) is 2.51. The molecule has 0 aliphatic rings. The molecule has 1 heterocycles. The Hall–Kier alpha value is -2.15. The quantitative estimate of drug-likeness (QED) is 0.712. The van der Waals surface area contributed by atoms with E-state index in [9.17, 15) is 9.18 Å². The predicted octanol–water partition coefficient (Wildman–Crippen LogP) is 1.82. The summed E-state index contributed by atoms with van der Waals surface area (Å²) in [6, 6.07) is 3.55. The fourth-order valence-electron chi connectivity index (χ4n) is 1.17. The van der Waals surface area contributed by atoms with E-state index in [1.165, 1.54) is 11.4 Å². The lowest BCUT2D eigenvalue weighted by atomic mass is 10.3. The van der Waals surface area contributed by atoms with Gasteiger partial charge < -0.3 is 16.2 Å². The van der Waals surface area contributed by atoms with Crippen LogP contribution >= 0.6 is 11.3 Å². The van der Waals surface area contributed by atoms with Crippen molar-refractivity contribution in [3.63, 3.8) is 0 Å². The number of nitrogens with two attached hydrogens (primary N) is 1. The summed E-state index contributed by atoms with van der Waals surface area (Å²) in [6.45, 7) is 0. The number of nitrogens with zero attached hydrogens (tertiary/aromatic N) is 1. The fourth-order valence-corrected chi connectivity index (χ4v) is 1.71. The first kappa shape index (κ1) is 11.3. The van der Waals surface area contributed by atoms with Crippen LogP contribution < -0.4 is 11.1 Å². The number of nitrogens with one attached hydrogen (secondary N) is 1. The van der Waals surface area contributed by atoms with Gasteiger partial charge in [-0.3, -0.25) is 4.79 Å². The highest BCUT2D eigenvalue weighted by Gasteiger charge is 2.10. The van der Waals surface area contributed by atoms with Gasteiger partial charge in [0.25, 0.3) is 5.91 Å². The van der Waals surface area contributed by atoms with E-state index in [4.69, 9.17) is 10.8 Å². The van der Waals surface area contributed by atoms with Crippen molar-refractivity contribution < 1.29 is 14.3 Å². The van der Waals surface area contributed by atoms with Gasteiger partial charge >= 0.3 is 0 Å². The summed E-state index contributed by atoms with van der Waals surface area (Å²) in [7, 11) is 0. The maximum atomic E-state index is 13.0. The highest BCUT2D eigenvalue weighted by molar-refractivity contribution is 7.13. The molecule has 0 bridgehead atoms. The Balaban J connectivity index is 2.15. The van der Waals surface area contributed by atoms with Crippen LogP contribution in [0.4, 0.5) is 15.2 Å². The fraction of sp³-hybridized carbons (Fsp3) is 0. The number of benzene rings is 1. The molecule has 0 aliphatic heterocycles. The van der Waals surface area contributed by atoms with Crippen LogP contribution in [0.25, 0.3) is 0 Å². The molecule has 5 nitrogen and oxygen atoms in total. The lowest BCUT2D eigenvalue weighted by Crippen LogP contribution is -2.12. The van der Waals surface area contributed by atoms with Crippen LogP contribution in [0.1, 0.15) is 10.5 Å². The van der Waals surface area contributed by atoms with Gasteiger partial charge in [-0.15, -0.1) is 11.3 Å². The molecule has 1 aromatic carbocycles. The monoisotopic (exact) mass is 253 g/mol. The number of carbonyl (C=O) groups is 1. The number of hydrogen-bond acceptors (Lipinski definition) is 5. The van der Waals surface area contributed by atoms with Crippen LogP contribution in [0.2, 0.25) is 0 Å². The minimum atomic E-state index is -0.805. The van der Waals surface area contributed by atoms with Gasteiger partial charge in [-0.05, 0) is 12.1 Å². The number of amides is 1. The van der Waals surface area contributed by atoms with Gasteiger partial charge in [0.15, 0.2) is 16.7 Å². The summed E-state index contributed by atoms with van der Waals surface area (Å²) < 4.78 is 13.0. The van der Waals surface area contributed by atoms with Crippen molar-refractivity contribution in [2.24, 2.45) is 0 Å². The Kier molecular flexibility index (Phi) is 2.92. The second-order valence-electron chi connectivity index (χ2n) is 3.19. The third-order valence-corrected chi connectivity index (χ3v) is 2.63. The van der Waals surface area contributed by atoms with E-state index in [0.29, 0.717) is 0 Å². The predicted molar refractivity (Wildman–Crippen MR) is 62.5 cm³/mol. The molecule has 0 saturated heterocycles. The van der Waals surface area contributed by atoms with Crippen molar-refractivity contribution in [1.29, 1.82) is 0 Å². The molecule has 0 radical (unpaired) electrons. The van der Waals surface area contributed by atoms with Crippen molar-refractivity contribution in [2.45, 2.75) is 0 Å². The second kappa shape index (κ2) is 4.38. The van der Waals surface area contributed by atoms with Crippen molar-refractivity contribution in [2.75, 3.05) is 11.1 Å². The van der Waals surface area contributed by atoms with Gasteiger partial charge in [0.05, 0.1) is 0 Å². The van der Waals surface area contributed by atoms with Crippen LogP contribution in [0.5, 0.6) is 5.75 Å². The zero-order chi connectivity index (χ0) is 12.4. The van der Waals surface area contributed by atoms with Crippen LogP contribution in [0, 0.1) is 5.82 Å². The maximum absolute atomic E-state index is 13.0. The average Bonchev–Trinajstić information content (AvgIpc) is 2.70. The van der Waals surface area contributed by atoms with E-state index >= 15 is 0 Å². The van der Waals surface area contributed by atoms with Gasteiger partial charge in [-0.2, -0.15) is 0 Å². The van der Waals surface area contributed by atoms with Crippen molar-refractivity contribution in [3.05, 3.63) is 35.1 Å². The first-order valence-corrected chi connectivity index (χ1v) is 5.45. The number of nitrogen functional groups attached to an aromatic ring is 1. The van der Waals surface area contributed by atoms with Gasteiger partial charge in [0, 0.05) is 17.1 Å². The molecule has 1 amide bonds. The number of halogens is 1. The number of phenols is 1. The molecule has 4 N–H and O–H groups in total. The molecule has 0 saturated carbocycles. The van der Waals surface area contributed by atoms with E-state index < -0.39 is 17.5 Å². The standard InChI is InChI=1S/C10H8FN3O2S/c11-6-3-5(1-2-8(6)15)13-9(16)7-4-17-10(12)14-7/h1-4,15H,(H2,12,14)(H,13,16). The van der Waals surface area contributed by atoms with E-state index in [-0.39, 0.29) is 16.5 Å². The zero-order valence-electron chi connectivity index (χ0n) is 8.48. The normalized spacial score (nSPS) is 10.2. The van der Waals surface area contributed by atoms with E-state index in [2.05, 4.69) is 10.3 Å². The number of anilines is 2. The number of rotatable bonds is 2. The van der Waals surface area contributed by atoms with Crippen LogP contribution in [-0.4, -0.2) is 16.0 Å². The molecule has 1 aromatic heterocycles. The molecule has 0 fully saturated rings. The van der Waals surface area contributed by atoms with Gasteiger partial charge in [-0.1, -0.05) is 0 Å². The van der Waals surface area contributed by atoms with E-state index in [1.807, 2.05) is 0 Å². The van der Waals surface area contributed by atoms with Gasteiger partial charge in [0.1, 0.15) is 5.69 Å². The maximum Gasteiger partial charge on any atom is 0.275 e. The van der Waals surface area contributed by atoms with E-state index in [1.54, 1.807) is 0 Å². The topological polar surface area (TPSA) is 88.2 Å². The number of hydrogen-bond donors (Lipinski definition) is 3. The van der Waals surface area contributed by atoms with Gasteiger partial charge in [-0.25, -0.2) is 9.37 Å². The average molecular weight is 253 g/mol. The third-order valence-electron chi connectivity index (χ3n) is 1.96. The number of aromatic nitrogens is 1. The molecule has 88 valence electrons. The lowest BCUT2D eigenvalue weighted by Gasteiger charge is -2.03. The SMILES string of the molecule is Nc1nc(C(=O)Nc2ccc(O)c(F)c2)cs1. The zero-order valence-corrected chi connectivity index (χ0v) is 9.29. The van der Waals surface area contributed by atoms with Gasteiger partial charge in [0.2, 0.25) is 0 Å². The molecule has 0 atom stereocenters. The molecule has 0 aliphatic carbocycles. The molecule has 0 unspecified atom stereocenters. The Morgan fingerprint density at radius 3 is 2.88 bits per heavy atom. The summed E-state index contributed by atoms with van der Waals surface area (Å²) in [6.07, 6.45) is 0. The van der Waals surface area contributed by atoms with Crippen LogP contribution in [0.3, 0.4) is 0 Å². The number of thiazole rings is 1. The van der Waals surface area contributed by atoms with Crippen molar-refractivity contribution >= 4 is 28.1 Å². The number of phenolic OH excluding ortho intramolecular Hbond substituents is 1. The molecular weight excluding hydrogens is 245 g/mol. The van der Waals surface area contributed by atoms with E-state index in [0.717, 1.165) is 23.5 Å². The molecular formula is C10H8FN3O2S. The molecule has 0 spiro atoms. The van der Waals surface area contributed by atoms with Crippen LogP contribution in [0.15, 0.2) is 23.6 Å². The second-order valence-corrected chi connectivity index (χ2v) is 4.08. The highest BCUT2D eigenvalue weighted by atomic mass is 32.1. The number of aromatic hydroxyl groups is 1. The first-order chi connectivity index (χ1) is 8.06. The summed E-state index contributed by atoms with van der Waals surface area (Å²) in [5, 5.41) is 13.2. The number of carbonyl (C=O) groups excluding carboxylic acids is 1.